The zero-order chi connectivity index (χ0) is 23.0. The summed E-state index contributed by atoms with van der Waals surface area (Å²) < 4.78 is 45.3. The van der Waals surface area contributed by atoms with Gasteiger partial charge in [0.15, 0.2) is 17.7 Å². The lowest BCUT2D eigenvalue weighted by Gasteiger charge is -2.23. The van der Waals surface area contributed by atoms with Crippen molar-refractivity contribution in [1.29, 1.82) is 0 Å². The van der Waals surface area contributed by atoms with Gasteiger partial charge in [0.05, 0.1) is 5.56 Å². The van der Waals surface area contributed by atoms with Crippen molar-refractivity contribution in [2.75, 3.05) is 13.3 Å². The Bertz CT molecular complexity index is 816. The van der Waals surface area contributed by atoms with Gasteiger partial charge < -0.3 is 9.84 Å². The lowest BCUT2D eigenvalue weighted by Crippen LogP contribution is -2.23. The van der Waals surface area contributed by atoms with Crippen LogP contribution in [0.5, 0.6) is 0 Å². The molecule has 1 heterocycles. The van der Waals surface area contributed by atoms with Crippen LogP contribution in [0, 0.1) is 0 Å². The molecule has 0 atom stereocenters. The van der Waals surface area contributed by atoms with Crippen molar-refractivity contribution in [3.05, 3.63) is 41.1 Å². The highest BCUT2D eigenvalue weighted by molar-refractivity contribution is 7.96. The van der Waals surface area contributed by atoms with Gasteiger partial charge in [-0.3, -0.25) is 4.79 Å². The molecule has 0 bridgehead atoms. The number of alkyl halides is 3. The number of benzene rings is 1. The highest BCUT2D eigenvalue weighted by atomic mass is 32.2. The molecule has 9 heteroatoms. The second-order valence-corrected chi connectivity index (χ2v) is 8.52. The van der Waals surface area contributed by atoms with Crippen LogP contribution in [-0.2, 0) is 12.7 Å². The van der Waals surface area contributed by atoms with Crippen LogP contribution < -0.4 is 5.32 Å². The fraction of sp³-hybridized carbons (Fsp3) is 0.545. The first-order chi connectivity index (χ1) is 14.7. The lowest BCUT2D eigenvalue weighted by atomic mass is 10.0. The first kappa shape index (κ1) is 25.4. The predicted molar refractivity (Wildman–Crippen MR) is 118 cm³/mol. The van der Waals surface area contributed by atoms with E-state index in [1.807, 2.05) is 24.4 Å². The van der Waals surface area contributed by atoms with Crippen LogP contribution in [0.15, 0.2) is 28.8 Å². The number of carbonyl (C=O) groups excluding carboxylic acids is 1. The highest BCUT2D eigenvalue weighted by Crippen LogP contribution is 2.33. The normalized spacial score (nSPS) is 14.7. The second-order valence-electron chi connectivity index (χ2n) is 7.69. The number of nitrogens with zero attached hydrogens (tertiary/aromatic N) is 2. The standard InChI is InChI=1S/C16H17F3N2O2S.C6H13N/c1-10(2)21(24-3)8-13-14(9-22)20-23-15(13)11-4-6-12(7-5-11)16(17,18)19;1-7-6-4-2-3-5-6/h4-7,9-10H,8H2,1-3H3;6-7H,2-5H2,1H3. The van der Waals surface area contributed by atoms with E-state index in [-0.39, 0.29) is 11.7 Å². The van der Waals surface area contributed by atoms with Crippen LogP contribution in [0.2, 0.25) is 0 Å². The Balaban J connectivity index is 0.000000412. The average molecular weight is 458 g/mol. The first-order valence-corrected chi connectivity index (χ1v) is 11.5. The quantitative estimate of drug-likeness (QED) is 0.418. The molecule has 172 valence electrons. The lowest BCUT2D eigenvalue weighted by molar-refractivity contribution is -0.137. The summed E-state index contributed by atoms with van der Waals surface area (Å²) in [4.78, 5) is 11.2. The van der Waals surface area contributed by atoms with Crippen molar-refractivity contribution < 1.29 is 22.5 Å². The van der Waals surface area contributed by atoms with E-state index in [4.69, 9.17) is 4.52 Å². The molecule has 1 aliphatic rings. The van der Waals surface area contributed by atoms with Crippen LogP contribution in [0.3, 0.4) is 0 Å². The van der Waals surface area contributed by atoms with Crippen molar-refractivity contribution in [3.63, 3.8) is 0 Å². The van der Waals surface area contributed by atoms with Crippen molar-refractivity contribution in [3.8, 4) is 11.3 Å². The zero-order valence-electron chi connectivity index (χ0n) is 18.3. The third kappa shape index (κ3) is 7.08. The molecule has 2 aromatic rings. The smallest absolute Gasteiger partial charge is 0.355 e. The summed E-state index contributed by atoms with van der Waals surface area (Å²) >= 11 is 1.50. The van der Waals surface area contributed by atoms with Gasteiger partial charge in [-0.05, 0) is 52.1 Å². The van der Waals surface area contributed by atoms with E-state index in [0.29, 0.717) is 29.7 Å². The monoisotopic (exact) mass is 457 g/mol. The van der Waals surface area contributed by atoms with Crippen molar-refractivity contribution in [2.45, 2.75) is 64.3 Å². The summed E-state index contributed by atoms with van der Waals surface area (Å²) in [7, 11) is 2.05. The Morgan fingerprint density at radius 3 is 2.29 bits per heavy atom. The van der Waals surface area contributed by atoms with Gasteiger partial charge in [0.1, 0.15) is 0 Å². The molecular weight excluding hydrogens is 427 g/mol. The Labute approximate surface area is 185 Å². The van der Waals surface area contributed by atoms with Gasteiger partial charge in [0.25, 0.3) is 0 Å². The highest BCUT2D eigenvalue weighted by Gasteiger charge is 2.30. The summed E-state index contributed by atoms with van der Waals surface area (Å²) in [6.45, 7) is 4.40. The third-order valence-corrected chi connectivity index (χ3v) is 6.31. The summed E-state index contributed by atoms with van der Waals surface area (Å²) in [5, 5.41) is 6.99. The van der Waals surface area contributed by atoms with Gasteiger partial charge >= 0.3 is 6.18 Å². The molecule has 1 aromatic heterocycles. The molecule has 1 aliphatic carbocycles. The van der Waals surface area contributed by atoms with Gasteiger partial charge in [-0.2, -0.15) is 13.2 Å². The predicted octanol–water partition coefficient (Wildman–Crippen LogP) is 5.81. The van der Waals surface area contributed by atoms with E-state index >= 15 is 0 Å². The minimum atomic E-state index is -4.40. The van der Waals surface area contributed by atoms with Crippen LogP contribution in [-0.4, -0.2) is 41.1 Å². The van der Waals surface area contributed by atoms with Gasteiger partial charge in [-0.15, -0.1) is 0 Å². The summed E-state index contributed by atoms with van der Waals surface area (Å²) in [6, 6.07) is 5.66. The van der Waals surface area contributed by atoms with Gasteiger partial charge in [-0.1, -0.05) is 42.1 Å². The average Bonchev–Trinajstić information content (AvgIpc) is 3.41. The molecule has 1 aromatic carbocycles. The summed E-state index contributed by atoms with van der Waals surface area (Å²) in [5.74, 6) is 0.311. The molecule has 31 heavy (non-hydrogen) atoms. The molecule has 0 saturated heterocycles. The van der Waals surface area contributed by atoms with Gasteiger partial charge in [-0.25, -0.2) is 4.31 Å². The fourth-order valence-electron chi connectivity index (χ4n) is 3.43. The van der Waals surface area contributed by atoms with E-state index in [9.17, 15) is 18.0 Å². The summed E-state index contributed by atoms with van der Waals surface area (Å²) in [5.41, 5.74) is 0.427. The van der Waals surface area contributed by atoms with Crippen molar-refractivity contribution in [2.24, 2.45) is 0 Å². The topological polar surface area (TPSA) is 58.4 Å². The third-order valence-electron chi connectivity index (χ3n) is 5.29. The Hall–Kier alpha value is -1.84. The maximum atomic E-state index is 12.7. The number of hydrogen-bond donors (Lipinski definition) is 1. The number of rotatable bonds is 7. The summed E-state index contributed by atoms with van der Waals surface area (Å²) in [6.07, 6.45) is 3.77. The van der Waals surface area contributed by atoms with Crippen molar-refractivity contribution in [1.82, 2.24) is 14.8 Å². The fourth-order valence-corrected chi connectivity index (χ4v) is 4.11. The Morgan fingerprint density at radius 2 is 1.87 bits per heavy atom. The Morgan fingerprint density at radius 1 is 1.26 bits per heavy atom. The van der Waals surface area contributed by atoms with Crippen LogP contribution in [0.1, 0.15) is 61.1 Å². The van der Waals surface area contributed by atoms with Crippen molar-refractivity contribution >= 4 is 18.2 Å². The number of aromatic nitrogens is 1. The molecular formula is C22H30F3N3O2S. The number of carbonyl (C=O) groups is 1. The second kappa shape index (κ2) is 11.7. The van der Waals surface area contributed by atoms with E-state index in [1.54, 1.807) is 0 Å². The zero-order valence-corrected chi connectivity index (χ0v) is 19.1. The SMILES string of the molecule is CNC1CCCC1.CSN(Cc1c(C=O)noc1-c1ccc(C(F)(F)F)cc1)C(C)C. The van der Waals surface area contributed by atoms with Gasteiger partial charge in [0.2, 0.25) is 0 Å². The van der Waals surface area contributed by atoms with E-state index in [0.717, 1.165) is 18.2 Å². The largest absolute Gasteiger partial charge is 0.416 e. The van der Waals surface area contributed by atoms with Crippen LogP contribution in [0.25, 0.3) is 11.3 Å². The molecule has 0 amide bonds. The number of aldehydes is 1. The molecule has 0 radical (unpaired) electrons. The van der Waals surface area contributed by atoms with E-state index < -0.39 is 11.7 Å². The number of halogens is 3. The molecule has 1 fully saturated rings. The molecule has 3 rings (SSSR count). The Kier molecular flexibility index (Phi) is 9.58. The minimum Gasteiger partial charge on any atom is -0.355 e. The molecule has 0 spiro atoms. The molecule has 5 nitrogen and oxygen atoms in total. The molecule has 0 unspecified atom stereocenters. The van der Waals surface area contributed by atoms with Crippen LogP contribution in [0.4, 0.5) is 13.2 Å². The minimum absolute atomic E-state index is 0.157. The van der Waals surface area contributed by atoms with E-state index in [1.165, 1.54) is 49.8 Å². The van der Waals surface area contributed by atoms with E-state index in [2.05, 4.69) is 17.5 Å². The molecule has 1 saturated carbocycles. The first-order valence-electron chi connectivity index (χ1n) is 10.3. The maximum absolute atomic E-state index is 12.7. The molecule has 0 aliphatic heterocycles. The maximum Gasteiger partial charge on any atom is 0.416 e. The molecule has 1 N–H and O–H groups in total. The number of nitrogens with one attached hydrogen (secondary N) is 1. The number of hydrogen-bond acceptors (Lipinski definition) is 6. The van der Waals surface area contributed by atoms with Crippen LogP contribution >= 0.6 is 11.9 Å². The van der Waals surface area contributed by atoms with Gasteiger partial charge in [0, 0.05) is 29.8 Å².